The number of nitrogens with zero attached hydrogens (tertiary/aromatic N) is 1. The highest BCUT2D eigenvalue weighted by Crippen LogP contribution is 2.17. The Bertz CT molecular complexity index is 571. The lowest BCUT2D eigenvalue weighted by molar-refractivity contribution is -0.147. The van der Waals surface area contributed by atoms with Gasteiger partial charge in [0, 0.05) is 12.1 Å². The molecule has 0 saturated carbocycles. The van der Waals surface area contributed by atoms with E-state index in [4.69, 9.17) is 5.11 Å². The number of nitrogens with one attached hydrogen (secondary N) is 1. The maximum atomic E-state index is 12.0. The number of amides is 2. The smallest absolute Gasteiger partial charge is 0.326 e. The van der Waals surface area contributed by atoms with Crippen LogP contribution in [0.1, 0.15) is 28.8 Å². The molecule has 1 atom stereocenters. The molecule has 6 nitrogen and oxygen atoms in total. The van der Waals surface area contributed by atoms with Crippen LogP contribution in [0.25, 0.3) is 0 Å². The molecule has 2 N–H and O–H groups in total. The molecule has 0 unspecified atom stereocenters. The van der Waals surface area contributed by atoms with Crippen molar-refractivity contribution in [1.29, 1.82) is 0 Å². The lowest BCUT2D eigenvalue weighted by Crippen LogP contribution is -2.45. The predicted molar refractivity (Wildman–Crippen MR) is 75.9 cm³/mol. The van der Waals surface area contributed by atoms with Gasteiger partial charge in [-0.25, -0.2) is 4.79 Å². The minimum absolute atomic E-state index is 0.184. The van der Waals surface area contributed by atoms with Crippen LogP contribution in [0, 0.1) is 6.92 Å². The van der Waals surface area contributed by atoms with Gasteiger partial charge >= 0.3 is 5.97 Å². The number of aryl methyl sites for hydroxylation is 1. The summed E-state index contributed by atoms with van der Waals surface area (Å²) in [6.07, 6.45) is 1.14. The molecule has 2 amide bonds. The third kappa shape index (κ3) is 3.39. The summed E-state index contributed by atoms with van der Waals surface area (Å²) in [5.74, 6) is -1.68. The first-order chi connectivity index (χ1) is 10.0. The minimum atomic E-state index is -0.994. The van der Waals surface area contributed by atoms with Crippen molar-refractivity contribution in [3.63, 3.8) is 0 Å². The van der Waals surface area contributed by atoms with Crippen LogP contribution in [0.3, 0.4) is 0 Å². The summed E-state index contributed by atoms with van der Waals surface area (Å²) in [4.78, 5) is 36.4. The molecule has 1 aromatic rings. The van der Waals surface area contributed by atoms with E-state index in [-0.39, 0.29) is 18.4 Å². The van der Waals surface area contributed by atoms with Gasteiger partial charge in [-0.15, -0.1) is 0 Å². The van der Waals surface area contributed by atoms with Gasteiger partial charge in [0.1, 0.15) is 6.04 Å². The van der Waals surface area contributed by atoms with E-state index < -0.39 is 12.0 Å². The van der Waals surface area contributed by atoms with Crippen molar-refractivity contribution < 1.29 is 19.5 Å². The lowest BCUT2D eigenvalue weighted by Gasteiger charge is -2.21. The molecule has 112 valence electrons. The number of carboxylic acid groups (broad SMARTS) is 1. The van der Waals surface area contributed by atoms with Crippen molar-refractivity contribution in [1.82, 2.24) is 10.2 Å². The highest BCUT2D eigenvalue weighted by atomic mass is 16.4. The van der Waals surface area contributed by atoms with Crippen LogP contribution in [0.15, 0.2) is 24.3 Å². The van der Waals surface area contributed by atoms with Gasteiger partial charge in [-0.1, -0.05) is 18.2 Å². The Morgan fingerprint density at radius 3 is 2.71 bits per heavy atom. The Balaban J connectivity index is 1.94. The second-order valence-electron chi connectivity index (χ2n) is 5.08. The molecular formula is C15H18N2O4. The van der Waals surface area contributed by atoms with Crippen LogP contribution >= 0.6 is 0 Å². The number of carbonyl (C=O) groups excluding carboxylic acids is 2. The SMILES string of the molecule is Cc1ccccc1C(=O)NCC(=O)N1CCC[C@H]1C(=O)O. The summed E-state index contributed by atoms with van der Waals surface area (Å²) in [5.41, 5.74) is 1.34. The summed E-state index contributed by atoms with van der Waals surface area (Å²) in [5, 5.41) is 11.6. The number of likely N-dealkylation sites (tertiary alicyclic amines) is 1. The van der Waals surface area contributed by atoms with Gasteiger partial charge < -0.3 is 15.3 Å². The monoisotopic (exact) mass is 290 g/mol. The number of aliphatic carboxylic acids is 1. The summed E-state index contributed by atoms with van der Waals surface area (Å²) in [6, 6.07) is 6.32. The van der Waals surface area contributed by atoms with Gasteiger partial charge in [0.2, 0.25) is 5.91 Å². The van der Waals surface area contributed by atoms with Crippen molar-refractivity contribution in [2.75, 3.05) is 13.1 Å². The van der Waals surface area contributed by atoms with Crippen LogP contribution in [-0.2, 0) is 9.59 Å². The summed E-state index contributed by atoms with van der Waals surface area (Å²) < 4.78 is 0. The Kier molecular flexibility index (Phi) is 4.57. The quantitative estimate of drug-likeness (QED) is 0.858. The van der Waals surface area contributed by atoms with E-state index in [1.165, 1.54) is 4.90 Å². The molecule has 1 aliphatic rings. The third-order valence-electron chi connectivity index (χ3n) is 3.65. The molecule has 1 aromatic carbocycles. The molecule has 0 radical (unpaired) electrons. The number of rotatable bonds is 4. The van der Waals surface area contributed by atoms with E-state index in [1.54, 1.807) is 12.1 Å². The van der Waals surface area contributed by atoms with Crippen LogP contribution in [-0.4, -0.2) is 46.9 Å². The van der Waals surface area contributed by atoms with Crippen LogP contribution in [0.2, 0.25) is 0 Å². The van der Waals surface area contributed by atoms with Gasteiger partial charge in [-0.3, -0.25) is 9.59 Å². The molecule has 2 rings (SSSR count). The number of hydrogen-bond donors (Lipinski definition) is 2. The zero-order chi connectivity index (χ0) is 15.4. The normalized spacial score (nSPS) is 17.6. The number of benzene rings is 1. The van der Waals surface area contributed by atoms with Crippen LogP contribution in [0.4, 0.5) is 0 Å². The number of carbonyl (C=O) groups is 3. The van der Waals surface area contributed by atoms with Crippen molar-refractivity contribution in [2.24, 2.45) is 0 Å². The van der Waals surface area contributed by atoms with Crippen molar-refractivity contribution in [3.05, 3.63) is 35.4 Å². The fourth-order valence-corrected chi connectivity index (χ4v) is 2.50. The standard InChI is InChI=1S/C15H18N2O4/c1-10-5-2-3-6-11(10)14(19)16-9-13(18)17-8-4-7-12(17)15(20)21/h2-3,5-6,12H,4,7-9H2,1H3,(H,16,19)(H,20,21)/t12-/m0/s1. The van der Waals surface area contributed by atoms with E-state index in [9.17, 15) is 14.4 Å². The predicted octanol–water partition coefficient (Wildman–Crippen LogP) is 0.800. The van der Waals surface area contributed by atoms with Gasteiger partial charge in [0.05, 0.1) is 6.54 Å². The summed E-state index contributed by atoms with van der Waals surface area (Å²) in [6.45, 7) is 2.06. The fraction of sp³-hybridized carbons (Fsp3) is 0.400. The molecular weight excluding hydrogens is 272 g/mol. The Morgan fingerprint density at radius 2 is 2.05 bits per heavy atom. The third-order valence-corrected chi connectivity index (χ3v) is 3.65. The van der Waals surface area contributed by atoms with E-state index in [0.29, 0.717) is 24.9 Å². The highest BCUT2D eigenvalue weighted by molar-refractivity contribution is 5.98. The zero-order valence-electron chi connectivity index (χ0n) is 11.8. The van der Waals surface area contributed by atoms with E-state index >= 15 is 0 Å². The van der Waals surface area contributed by atoms with Crippen molar-refractivity contribution >= 4 is 17.8 Å². The first-order valence-corrected chi connectivity index (χ1v) is 6.87. The fourth-order valence-electron chi connectivity index (χ4n) is 2.50. The summed E-state index contributed by atoms with van der Waals surface area (Å²) >= 11 is 0. The van der Waals surface area contributed by atoms with Gasteiger partial charge in [-0.2, -0.15) is 0 Å². The molecule has 6 heteroatoms. The van der Waals surface area contributed by atoms with Gasteiger partial charge in [0.15, 0.2) is 0 Å². The highest BCUT2D eigenvalue weighted by Gasteiger charge is 2.33. The molecule has 0 bridgehead atoms. The Morgan fingerprint density at radius 1 is 1.33 bits per heavy atom. The molecule has 1 aliphatic heterocycles. The zero-order valence-corrected chi connectivity index (χ0v) is 11.8. The molecule has 0 aliphatic carbocycles. The maximum absolute atomic E-state index is 12.0. The van der Waals surface area contributed by atoms with E-state index in [0.717, 1.165) is 5.56 Å². The molecule has 1 fully saturated rings. The molecule has 1 heterocycles. The second kappa shape index (κ2) is 6.39. The first kappa shape index (κ1) is 15.0. The number of carboxylic acids is 1. The lowest BCUT2D eigenvalue weighted by atomic mass is 10.1. The Labute approximate surface area is 122 Å². The maximum Gasteiger partial charge on any atom is 0.326 e. The largest absolute Gasteiger partial charge is 0.480 e. The van der Waals surface area contributed by atoms with Crippen molar-refractivity contribution in [3.8, 4) is 0 Å². The van der Waals surface area contributed by atoms with E-state index in [2.05, 4.69) is 5.32 Å². The van der Waals surface area contributed by atoms with Crippen LogP contribution < -0.4 is 5.32 Å². The average Bonchev–Trinajstić information content (AvgIpc) is 2.94. The Hall–Kier alpha value is -2.37. The molecule has 0 aromatic heterocycles. The summed E-state index contributed by atoms with van der Waals surface area (Å²) in [7, 11) is 0. The topological polar surface area (TPSA) is 86.7 Å². The molecule has 0 spiro atoms. The molecule has 21 heavy (non-hydrogen) atoms. The number of hydrogen-bond acceptors (Lipinski definition) is 3. The average molecular weight is 290 g/mol. The van der Waals surface area contributed by atoms with E-state index in [1.807, 2.05) is 19.1 Å². The van der Waals surface area contributed by atoms with Crippen LogP contribution in [0.5, 0.6) is 0 Å². The first-order valence-electron chi connectivity index (χ1n) is 6.87. The minimum Gasteiger partial charge on any atom is -0.480 e. The molecule has 1 saturated heterocycles. The van der Waals surface area contributed by atoms with Crippen molar-refractivity contribution in [2.45, 2.75) is 25.8 Å². The van der Waals surface area contributed by atoms with Gasteiger partial charge in [-0.05, 0) is 31.4 Å². The van der Waals surface area contributed by atoms with Gasteiger partial charge in [0.25, 0.3) is 5.91 Å². The second-order valence-corrected chi connectivity index (χ2v) is 5.08.